The minimum atomic E-state index is -0.726. The number of carboxylic acid groups (broad SMARTS) is 1. The number of rotatable bonds is 3. The molecule has 0 bridgehead atoms. The number of carbonyl (C=O) groups excluding carboxylic acids is 1. The quantitative estimate of drug-likeness (QED) is 0.815. The Labute approximate surface area is 128 Å². The van der Waals surface area contributed by atoms with Gasteiger partial charge in [-0.1, -0.05) is 11.6 Å². The highest BCUT2D eigenvalue weighted by Crippen LogP contribution is 2.25. The third kappa shape index (κ3) is 2.98. The number of H-pyrrole nitrogens is 1. The van der Waals surface area contributed by atoms with Gasteiger partial charge in [0.05, 0.1) is 5.92 Å². The highest BCUT2D eigenvalue weighted by atomic mass is 16.4. The molecule has 0 saturated heterocycles. The van der Waals surface area contributed by atoms with Gasteiger partial charge in [0.25, 0.3) is 5.91 Å². The first-order valence-corrected chi connectivity index (χ1v) is 7.66. The zero-order valence-electron chi connectivity index (χ0n) is 12.6. The van der Waals surface area contributed by atoms with Crippen LogP contribution in [0.25, 0.3) is 10.9 Å². The summed E-state index contributed by atoms with van der Waals surface area (Å²) in [5.41, 5.74) is 2.66. The van der Waals surface area contributed by atoms with E-state index in [1.165, 1.54) is 0 Å². The zero-order chi connectivity index (χ0) is 15.7. The number of carboxylic acids is 1. The summed E-state index contributed by atoms with van der Waals surface area (Å²) in [7, 11) is 0. The minimum Gasteiger partial charge on any atom is -0.481 e. The van der Waals surface area contributed by atoms with Gasteiger partial charge in [0.2, 0.25) is 0 Å². The molecule has 1 fully saturated rings. The summed E-state index contributed by atoms with van der Waals surface area (Å²) in [6.45, 7) is 2.02. The van der Waals surface area contributed by atoms with Crippen molar-refractivity contribution in [2.24, 2.45) is 5.92 Å². The molecule has 3 N–H and O–H groups in total. The molecule has 2 aromatic rings. The average molecular weight is 300 g/mol. The van der Waals surface area contributed by atoms with Crippen LogP contribution in [0, 0.1) is 12.8 Å². The number of carbonyl (C=O) groups is 2. The summed E-state index contributed by atoms with van der Waals surface area (Å²) in [6.07, 6.45) is 2.71. The van der Waals surface area contributed by atoms with Gasteiger partial charge in [-0.3, -0.25) is 9.59 Å². The summed E-state index contributed by atoms with van der Waals surface area (Å²) < 4.78 is 0. The molecule has 0 aliphatic heterocycles. The van der Waals surface area contributed by atoms with Crippen LogP contribution in [-0.4, -0.2) is 28.0 Å². The number of amides is 1. The Balaban J connectivity index is 1.65. The first-order valence-electron chi connectivity index (χ1n) is 7.66. The van der Waals surface area contributed by atoms with Crippen LogP contribution in [0.3, 0.4) is 0 Å². The predicted octanol–water partition coefficient (Wildman–Crippen LogP) is 2.85. The molecule has 1 heterocycles. The van der Waals surface area contributed by atoms with Crippen molar-refractivity contribution in [1.82, 2.24) is 10.3 Å². The number of fused-ring (bicyclic) bond motifs is 1. The van der Waals surface area contributed by atoms with E-state index in [2.05, 4.69) is 10.3 Å². The zero-order valence-corrected chi connectivity index (χ0v) is 12.6. The summed E-state index contributed by atoms with van der Waals surface area (Å²) >= 11 is 0. The van der Waals surface area contributed by atoms with Gasteiger partial charge < -0.3 is 15.4 Å². The molecule has 1 aromatic carbocycles. The summed E-state index contributed by atoms with van der Waals surface area (Å²) in [5.74, 6) is -1.10. The highest BCUT2D eigenvalue weighted by molar-refractivity contribution is 5.98. The molecule has 0 unspecified atom stereocenters. The third-order valence-corrected chi connectivity index (χ3v) is 4.43. The fourth-order valence-electron chi connectivity index (χ4n) is 3.12. The van der Waals surface area contributed by atoms with Crippen molar-refractivity contribution in [3.8, 4) is 0 Å². The van der Waals surface area contributed by atoms with E-state index in [0.717, 1.165) is 29.3 Å². The number of aliphatic carboxylic acids is 1. The largest absolute Gasteiger partial charge is 0.481 e. The molecular weight excluding hydrogens is 280 g/mol. The lowest BCUT2D eigenvalue weighted by molar-refractivity contribution is -0.142. The molecular formula is C17H20N2O3. The van der Waals surface area contributed by atoms with Crippen molar-refractivity contribution in [3.63, 3.8) is 0 Å². The highest BCUT2D eigenvalue weighted by Gasteiger charge is 2.27. The number of hydrogen-bond donors (Lipinski definition) is 3. The van der Waals surface area contributed by atoms with E-state index < -0.39 is 5.97 Å². The standard InChI is InChI=1S/C17H20N2O3/c1-10-2-7-14-12(8-10)9-15(19-14)16(20)18-13-5-3-11(4-6-13)17(21)22/h2,7-9,11,13,19H,3-6H2,1H3,(H,18,20)(H,21,22). The molecule has 5 heteroatoms. The Morgan fingerprint density at radius 2 is 1.91 bits per heavy atom. The predicted molar refractivity (Wildman–Crippen MR) is 83.9 cm³/mol. The maximum absolute atomic E-state index is 12.3. The fourth-order valence-corrected chi connectivity index (χ4v) is 3.12. The van der Waals surface area contributed by atoms with E-state index in [9.17, 15) is 9.59 Å². The normalized spacial score (nSPS) is 21.7. The summed E-state index contributed by atoms with van der Waals surface area (Å²) in [6, 6.07) is 7.95. The first kappa shape index (κ1) is 14.6. The van der Waals surface area contributed by atoms with E-state index in [-0.39, 0.29) is 17.9 Å². The van der Waals surface area contributed by atoms with E-state index in [1.807, 2.05) is 31.2 Å². The second-order valence-electron chi connectivity index (χ2n) is 6.13. The molecule has 116 valence electrons. The molecule has 0 radical (unpaired) electrons. The Morgan fingerprint density at radius 1 is 1.18 bits per heavy atom. The first-order chi connectivity index (χ1) is 10.5. The van der Waals surface area contributed by atoms with Crippen LogP contribution in [0.5, 0.6) is 0 Å². The van der Waals surface area contributed by atoms with Crippen molar-refractivity contribution in [2.45, 2.75) is 38.6 Å². The second kappa shape index (κ2) is 5.83. The summed E-state index contributed by atoms with van der Waals surface area (Å²) in [5, 5.41) is 13.0. The van der Waals surface area contributed by atoms with Gasteiger partial charge in [0.15, 0.2) is 0 Å². The number of aromatic nitrogens is 1. The van der Waals surface area contributed by atoms with Crippen molar-refractivity contribution < 1.29 is 14.7 Å². The monoisotopic (exact) mass is 300 g/mol. The van der Waals surface area contributed by atoms with Gasteiger partial charge in [-0.2, -0.15) is 0 Å². The Morgan fingerprint density at radius 3 is 2.59 bits per heavy atom. The number of benzene rings is 1. The smallest absolute Gasteiger partial charge is 0.306 e. The van der Waals surface area contributed by atoms with Crippen molar-refractivity contribution >= 4 is 22.8 Å². The molecule has 0 atom stereocenters. The van der Waals surface area contributed by atoms with Gasteiger partial charge in [0, 0.05) is 16.9 Å². The molecule has 1 saturated carbocycles. The lowest BCUT2D eigenvalue weighted by atomic mass is 9.86. The Bertz CT molecular complexity index is 712. The van der Waals surface area contributed by atoms with Crippen LogP contribution < -0.4 is 5.32 Å². The molecule has 1 aromatic heterocycles. The van der Waals surface area contributed by atoms with Crippen LogP contribution in [-0.2, 0) is 4.79 Å². The fraction of sp³-hybridized carbons (Fsp3) is 0.412. The lowest BCUT2D eigenvalue weighted by Crippen LogP contribution is -2.38. The topological polar surface area (TPSA) is 82.2 Å². The maximum atomic E-state index is 12.3. The lowest BCUT2D eigenvalue weighted by Gasteiger charge is -2.26. The van der Waals surface area contributed by atoms with Crippen LogP contribution in [0.15, 0.2) is 24.3 Å². The van der Waals surface area contributed by atoms with Crippen molar-refractivity contribution in [1.29, 1.82) is 0 Å². The van der Waals surface area contributed by atoms with Crippen LogP contribution in [0.4, 0.5) is 0 Å². The van der Waals surface area contributed by atoms with Gasteiger partial charge >= 0.3 is 5.97 Å². The van der Waals surface area contributed by atoms with Crippen molar-refractivity contribution in [3.05, 3.63) is 35.5 Å². The van der Waals surface area contributed by atoms with Crippen LogP contribution in [0.1, 0.15) is 41.7 Å². The SMILES string of the molecule is Cc1ccc2[nH]c(C(=O)NC3CCC(C(=O)O)CC3)cc2c1. The third-order valence-electron chi connectivity index (χ3n) is 4.43. The van der Waals surface area contributed by atoms with Gasteiger partial charge in [-0.25, -0.2) is 0 Å². The van der Waals surface area contributed by atoms with E-state index in [1.54, 1.807) is 0 Å². The summed E-state index contributed by atoms with van der Waals surface area (Å²) in [4.78, 5) is 26.4. The molecule has 3 rings (SSSR count). The molecule has 22 heavy (non-hydrogen) atoms. The van der Waals surface area contributed by atoms with Gasteiger partial charge in [0.1, 0.15) is 5.69 Å². The van der Waals surface area contributed by atoms with Crippen LogP contribution in [0.2, 0.25) is 0 Å². The molecule has 1 amide bonds. The van der Waals surface area contributed by atoms with Crippen LogP contribution >= 0.6 is 0 Å². The average Bonchev–Trinajstić information content (AvgIpc) is 2.91. The minimum absolute atomic E-state index is 0.0660. The second-order valence-corrected chi connectivity index (χ2v) is 6.13. The Kier molecular flexibility index (Phi) is 3.88. The van der Waals surface area contributed by atoms with E-state index >= 15 is 0 Å². The molecule has 5 nitrogen and oxygen atoms in total. The van der Waals surface area contributed by atoms with Gasteiger partial charge in [-0.15, -0.1) is 0 Å². The van der Waals surface area contributed by atoms with Gasteiger partial charge in [-0.05, 0) is 50.8 Å². The van der Waals surface area contributed by atoms with E-state index in [4.69, 9.17) is 5.11 Å². The number of nitrogens with one attached hydrogen (secondary N) is 2. The maximum Gasteiger partial charge on any atom is 0.306 e. The van der Waals surface area contributed by atoms with E-state index in [0.29, 0.717) is 18.5 Å². The number of hydrogen-bond acceptors (Lipinski definition) is 2. The molecule has 1 aliphatic carbocycles. The molecule has 0 spiro atoms. The van der Waals surface area contributed by atoms with Crippen molar-refractivity contribution in [2.75, 3.05) is 0 Å². The number of aryl methyl sites for hydroxylation is 1. The Hall–Kier alpha value is -2.30. The molecule has 1 aliphatic rings. The number of aromatic amines is 1.